The lowest BCUT2D eigenvalue weighted by atomic mass is 10.0. The molecule has 112 valence electrons. The number of hydrogen-bond donors (Lipinski definition) is 0. The molecular weight excluding hydrogens is 260 g/mol. The molecule has 2 heterocycles. The predicted molar refractivity (Wildman–Crippen MR) is 85.0 cm³/mol. The van der Waals surface area contributed by atoms with Crippen molar-refractivity contribution >= 4 is 0 Å². The lowest BCUT2D eigenvalue weighted by Gasteiger charge is -2.32. The molecule has 2 aromatic rings. The average Bonchev–Trinajstić information content (AvgIpc) is 2.87. The Kier molecular flexibility index (Phi) is 4.06. The molecule has 1 fully saturated rings. The van der Waals surface area contributed by atoms with Gasteiger partial charge in [-0.3, -0.25) is 9.58 Å². The van der Waals surface area contributed by atoms with Crippen molar-refractivity contribution in [3.05, 3.63) is 35.7 Å². The van der Waals surface area contributed by atoms with Gasteiger partial charge in [-0.2, -0.15) is 5.10 Å². The van der Waals surface area contributed by atoms with E-state index in [0.717, 1.165) is 17.2 Å². The monoisotopic (exact) mass is 284 g/mol. The molecule has 1 aliphatic heterocycles. The van der Waals surface area contributed by atoms with Crippen LogP contribution in [0.2, 0.25) is 0 Å². The summed E-state index contributed by atoms with van der Waals surface area (Å²) >= 11 is 0. The zero-order valence-electron chi connectivity index (χ0n) is 13.2. The Labute approximate surface area is 126 Å². The van der Waals surface area contributed by atoms with Crippen LogP contribution < -0.4 is 0 Å². The van der Waals surface area contributed by atoms with Gasteiger partial charge in [0.25, 0.3) is 0 Å². The third-order valence-corrected chi connectivity index (χ3v) is 4.57. The molecule has 0 bridgehead atoms. The van der Waals surface area contributed by atoms with Crippen LogP contribution in [-0.2, 0) is 7.05 Å². The van der Waals surface area contributed by atoms with Gasteiger partial charge in [-0.1, -0.05) is 30.7 Å². The molecule has 4 nitrogen and oxygen atoms in total. The lowest BCUT2D eigenvalue weighted by Crippen LogP contribution is -2.32. The highest BCUT2D eigenvalue weighted by Crippen LogP contribution is 2.26. The van der Waals surface area contributed by atoms with Gasteiger partial charge < -0.3 is 0 Å². The van der Waals surface area contributed by atoms with Crippen molar-refractivity contribution in [2.45, 2.75) is 39.2 Å². The Bertz CT molecular complexity index is 574. The number of piperidine rings is 1. The molecule has 1 atom stereocenters. The normalized spacial score (nSPS) is 17.9. The Balaban J connectivity index is 1.77. The Morgan fingerprint density at radius 3 is 2.29 bits per heavy atom. The molecule has 0 unspecified atom stereocenters. The van der Waals surface area contributed by atoms with Crippen LogP contribution in [-0.4, -0.2) is 32.8 Å². The Hall–Kier alpha value is -1.68. The topological polar surface area (TPSA) is 34.0 Å². The average molecular weight is 284 g/mol. The number of hydrogen-bond acceptors (Lipinski definition) is 3. The summed E-state index contributed by atoms with van der Waals surface area (Å²) in [5, 5.41) is 4.44. The summed E-state index contributed by atoms with van der Waals surface area (Å²) in [6.45, 7) is 6.74. The number of aryl methyl sites for hydroxylation is 2. The standard InChI is InChI=1S/C17H24N4/c1-13(21-11-5-4-6-12-21)15-7-9-16(10-8-15)17-18-14(2)20(3)19-17/h7-10,13H,4-6,11-12H2,1-3H3/t13-/m0/s1. The molecule has 1 saturated heterocycles. The fraction of sp³-hybridized carbons (Fsp3) is 0.529. The summed E-state index contributed by atoms with van der Waals surface area (Å²) in [5.74, 6) is 1.75. The van der Waals surface area contributed by atoms with Crippen molar-refractivity contribution in [1.29, 1.82) is 0 Å². The number of rotatable bonds is 3. The van der Waals surface area contributed by atoms with Gasteiger partial charge in [-0.15, -0.1) is 0 Å². The molecule has 0 radical (unpaired) electrons. The molecule has 4 heteroatoms. The van der Waals surface area contributed by atoms with Crippen molar-refractivity contribution in [2.24, 2.45) is 7.05 Å². The van der Waals surface area contributed by atoms with E-state index in [9.17, 15) is 0 Å². The van der Waals surface area contributed by atoms with Crippen LogP contribution >= 0.6 is 0 Å². The quantitative estimate of drug-likeness (QED) is 0.867. The third kappa shape index (κ3) is 3.00. The van der Waals surface area contributed by atoms with Crippen LogP contribution in [0.1, 0.15) is 43.6 Å². The van der Waals surface area contributed by atoms with Gasteiger partial charge in [0.05, 0.1) is 0 Å². The molecular formula is C17H24N4. The smallest absolute Gasteiger partial charge is 0.181 e. The summed E-state index contributed by atoms with van der Waals surface area (Å²) in [6, 6.07) is 9.23. The minimum absolute atomic E-state index is 0.498. The molecule has 0 spiro atoms. The van der Waals surface area contributed by atoms with E-state index in [-0.39, 0.29) is 0 Å². The van der Waals surface area contributed by atoms with E-state index in [1.165, 1.54) is 37.9 Å². The van der Waals surface area contributed by atoms with Gasteiger partial charge in [0, 0.05) is 18.7 Å². The van der Waals surface area contributed by atoms with Crippen LogP contribution in [0.3, 0.4) is 0 Å². The first-order valence-electron chi connectivity index (χ1n) is 7.87. The Morgan fingerprint density at radius 1 is 1.05 bits per heavy atom. The second kappa shape index (κ2) is 5.98. The minimum Gasteiger partial charge on any atom is -0.297 e. The fourth-order valence-corrected chi connectivity index (χ4v) is 3.01. The van der Waals surface area contributed by atoms with Crippen molar-refractivity contribution in [2.75, 3.05) is 13.1 Å². The van der Waals surface area contributed by atoms with Gasteiger partial charge >= 0.3 is 0 Å². The van der Waals surface area contributed by atoms with Crippen LogP contribution in [0.15, 0.2) is 24.3 Å². The summed E-state index contributed by atoms with van der Waals surface area (Å²) in [7, 11) is 1.93. The number of aromatic nitrogens is 3. The van der Waals surface area contributed by atoms with Crippen LogP contribution in [0.25, 0.3) is 11.4 Å². The second-order valence-electron chi connectivity index (χ2n) is 6.00. The first-order valence-corrected chi connectivity index (χ1v) is 7.87. The third-order valence-electron chi connectivity index (χ3n) is 4.57. The maximum Gasteiger partial charge on any atom is 0.181 e. The summed E-state index contributed by atoms with van der Waals surface area (Å²) in [4.78, 5) is 7.07. The highest BCUT2D eigenvalue weighted by Gasteiger charge is 2.18. The van der Waals surface area contributed by atoms with Gasteiger partial charge in [0.1, 0.15) is 5.82 Å². The molecule has 1 aromatic heterocycles. The zero-order chi connectivity index (χ0) is 14.8. The number of benzene rings is 1. The maximum absolute atomic E-state index is 4.49. The lowest BCUT2D eigenvalue weighted by molar-refractivity contribution is 0.175. The summed E-state index contributed by atoms with van der Waals surface area (Å²) in [5.41, 5.74) is 2.47. The first-order chi connectivity index (χ1) is 10.1. The van der Waals surface area contributed by atoms with E-state index < -0.39 is 0 Å². The van der Waals surface area contributed by atoms with Gasteiger partial charge in [-0.05, 0) is 45.3 Å². The highest BCUT2D eigenvalue weighted by molar-refractivity contribution is 5.55. The Morgan fingerprint density at radius 2 is 1.71 bits per heavy atom. The minimum atomic E-state index is 0.498. The number of nitrogens with zero attached hydrogens (tertiary/aromatic N) is 4. The molecule has 0 amide bonds. The van der Waals surface area contributed by atoms with Crippen molar-refractivity contribution in [1.82, 2.24) is 19.7 Å². The molecule has 1 aromatic carbocycles. The van der Waals surface area contributed by atoms with E-state index in [2.05, 4.69) is 46.2 Å². The van der Waals surface area contributed by atoms with Crippen molar-refractivity contribution in [3.8, 4) is 11.4 Å². The molecule has 3 rings (SSSR count). The van der Waals surface area contributed by atoms with E-state index in [1.54, 1.807) is 0 Å². The van der Waals surface area contributed by atoms with E-state index in [1.807, 2.05) is 18.7 Å². The van der Waals surface area contributed by atoms with E-state index in [4.69, 9.17) is 0 Å². The first kappa shape index (κ1) is 14.3. The van der Waals surface area contributed by atoms with Crippen LogP contribution in [0.4, 0.5) is 0 Å². The predicted octanol–water partition coefficient (Wildman–Crippen LogP) is 3.34. The molecule has 0 N–H and O–H groups in total. The molecule has 0 aliphatic carbocycles. The molecule has 0 saturated carbocycles. The zero-order valence-corrected chi connectivity index (χ0v) is 13.2. The summed E-state index contributed by atoms with van der Waals surface area (Å²) in [6.07, 6.45) is 4.05. The van der Waals surface area contributed by atoms with Crippen LogP contribution in [0, 0.1) is 6.92 Å². The maximum atomic E-state index is 4.49. The molecule has 21 heavy (non-hydrogen) atoms. The SMILES string of the molecule is Cc1nc(-c2ccc([C@H](C)N3CCCCC3)cc2)nn1C. The van der Waals surface area contributed by atoms with Crippen molar-refractivity contribution < 1.29 is 0 Å². The second-order valence-corrected chi connectivity index (χ2v) is 6.00. The van der Waals surface area contributed by atoms with Gasteiger partial charge in [0.15, 0.2) is 5.82 Å². The fourth-order valence-electron chi connectivity index (χ4n) is 3.01. The highest BCUT2D eigenvalue weighted by atomic mass is 15.3. The van der Waals surface area contributed by atoms with E-state index >= 15 is 0 Å². The molecule has 1 aliphatic rings. The van der Waals surface area contributed by atoms with Crippen LogP contribution in [0.5, 0.6) is 0 Å². The van der Waals surface area contributed by atoms with Crippen molar-refractivity contribution in [3.63, 3.8) is 0 Å². The largest absolute Gasteiger partial charge is 0.297 e. The summed E-state index contributed by atoms with van der Waals surface area (Å²) < 4.78 is 1.82. The van der Waals surface area contributed by atoms with Gasteiger partial charge in [-0.25, -0.2) is 4.98 Å². The van der Waals surface area contributed by atoms with E-state index in [0.29, 0.717) is 6.04 Å². The number of likely N-dealkylation sites (tertiary alicyclic amines) is 1. The van der Waals surface area contributed by atoms with Gasteiger partial charge in [0.2, 0.25) is 0 Å².